The van der Waals surface area contributed by atoms with Crippen molar-refractivity contribution in [3.63, 3.8) is 0 Å². The van der Waals surface area contributed by atoms with E-state index in [9.17, 15) is 0 Å². The summed E-state index contributed by atoms with van der Waals surface area (Å²) in [5.74, 6) is 3.35. The van der Waals surface area contributed by atoms with Crippen LogP contribution in [-0.2, 0) is 6.54 Å². The summed E-state index contributed by atoms with van der Waals surface area (Å²) in [6.45, 7) is 5.13. The Balaban J connectivity index is 1.38. The lowest BCUT2D eigenvalue weighted by molar-refractivity contribution is 0.170. The Kier molecular flexibility index (Phi) is 4.38. The molecule has 0 aliphatic carbocycles. The minimum absolute atomic E-state index is 0.377. The number of benzene rings is 1. The zero-order chi connectivity index (χ0) is 18.2. The second-order valence-electron chi connectivity index (χ2n) is 7.03. The molecule has 1 atom stereocenters. The Morgan fingerprint density at radius 3 is 2.93 bits per heavy atom. The van der Waals surface area contributed by atoms with Gasteiger partial charge in [0.2, 0.25) is 5.89 Å². The van der Waals surface area contributed by atoms with E-state index < -0.39 is 0 Å². The molecule has 4 heterocycles. The van der Waals surface area contributed by atoms with E-state index in [0.717, 1.165) is 53.2 Å². The molecule has 1 unspecified atom stereocenters. The van der Waals surface area contributed by atoms with Gasteiger partial charge in [0.15, 0.2) is 11.5 Å². The molecule has 3 aromatic rings. The summed E-state index contributed by atoms with van der Waals surface area (Å²) in [5, 5.41) is 2.05. The summed E-state index contributed by atoms with van der Waals surface area (Å²) in [5.41, 5.74) is 2.32. The number of oxazole rings is 1. The first-order valence-corrected chi connectivity index (χ1v) is 10.3. The second kappa shape index (κ2) is 7.02. The Bertz CT molecular complexity index is 935. The number of thiophene rings is 1. The van der Waals surface area contributed by atoms with Crippen LogP contribution in [-0.4, -0.2) is 29.6 Å². The summed E-state index contributed by atoms with van der Waals surface area (Å²) < 4.78 is 17.3. The molecule has 2 aromatic heterocycles. The van der Waals surface area contributed by atoms with E-state index in [1.807, 2.05) is 30.5 Å². The fourth-order valence-electron chi connectivity index (χ4n) is 3.93. The van der Waals surface area contributed by atoms with Crippen LogP contribution < -0.4 is 9.47 Å². The minimum Gasteiger partial charge on any atom is -0.486 e. The summed E-state index contributed by atoms with van der Waals surface area (Å²) in [7, 11) is 0. The normalized spacial score (nSPS) is 19.5. The fraction of sp³-hybridized carbons (Fsp3) is 0.381. The van der Waals surface area contributed by atoms with Gasteiger partial charge in [-0.05, 0) is 55.5 Å². The molecule has 0 N–H and O–H groups in total. The molecule has 0 spiro atoms. The first-order valence-electron chi connectivity index (χ1n) is 9.42. The molecule has 5 nitrogen and oxygen atoms in total. The van der Waals surface area contributed by atoms with Crippen molar-refractivity contribution in [1.82, 2.24) is 9.88 Å². The number of aromatic nitrogens is 1. The van der Waals surface area contributed by atoms with Crippen LogP contribution in [0.4, 0.5) is 0 Å². The van der Waals surface area contributed by atoms with Crippen LogP contribution in [0.15, 0.2) is 40.1 Å². The van der Waals surface area contributed by atoms with Gasteiger partial charge >= 0.3 is 0 Å². The Morgan fingerprint density at radius 2 is 2.07 bits per heavy atom. The van der Waals surface area contributed by atoms with E-state index in [1.54, 1.807) is 11.3 Å². The Morgan fingerprint density at radius 1 is 1.19 bits per heavy atom. The number of fused-ring (bicyclic) bond motifs is 1. The quantitative estimate of drug-likeness (QED) is 0.647. The largest absolute Gasteiger partial charge is 0.486 e. The van der Waals surface area contributed by atoms with Crippen molar-refractivity contribution in [2.75, 3.05) is 19.8 Å². The first kappa shape index (κ1) is 16.8. The number of aryl methyl sites for hydroxylation is 1. The van der Waals surface area contributed by atoms with Crippen molar-refractivity contribution >= 4 is 11.3 Å². The third kappa shape index (κ3) is 3.24. The van der Waals surface area contributed by atoms with Gasteiger partial charge in [0.25, 0.3) is 0 Å². The van der Waals surface area contributed by atoms with E-state index in [4.69, 9.17) is 18.9 Å². The van der Waals surface area contributed by atoms with Gasteiger partial charge in [0.05, 0.1) is 10.6 Å². The SMILES string of the molecule is Cc1oc(-c2cccs2)nc1CN1CCCC1c1ccc2c(c1)OCCO2. The van der Waals surface area contributed by atoms with Crippen LogP contribution in [0.3, 0.4) is 0 Å². The molecule has 2 aliphatic rings. The zero-order valence-corrected chi connectivity index (χ0v) is 16.1. The lowest BCUT2D eigenvalue weighted by atomic mass is 10.0. The Labute approximate surface area is 162 Å². The van der Waals surface area contributed by atoms with Crippen molar-refractivity contribution in [3.05, 3.63) is 52.7 Å². The molecular weight excluding hydrogens is 360 g/mol. The molecule has 5 rings (SSSR count). The Hall–Kier alpha value is -2.31. The molecule has 2 aliphatic heterocycles. The fourth-order valence-corrected chi connectivity index (χ4v) is 4.58. The van der Waals surface area contributed by atoms with Gasteiger partial charge in [-0.1, -0.05) is 12.1 Å². The van der Waals surface area contributed by atoms with Crippen LogP contribution in [0.2, 0.25) is 0 Å². The maximum absolute atomic E-state index is 5.92. The van der Waals surface area contributed by atoms with Crippen LogP contribution >= 0.6 is 11.3 Å². The maximum Gasteiger partial charge on any atom is 0.236 e. The number of rotatable bonds is 4. The van der Waals surface area contributed by atoms with E-state index in [1.165, 1.54) is 12.0 Å². The van der Waals surface area contributed by atoms with Gasteiger partial charge in [0.1, 0.15) is 19.0 Å². The summed E-state index contributed by atoms with van der Waals surface area (Å²) in [6.07, 6.45) is 2.34. The van der Waals surface area contributed by atoms with E-state index in [0.29, 0.717) is 19.3 Å². The highest BCUT2D eigenvalue weighted by molar-refractivity contribution is 7.13. The van der Waals surface area contributed by atoms with Gasteiger partial charge in [-0.2, -0.15) is 0 Å². The van der Waals surface area contributed by atoms with E-state index in [2.05, 4.69) is 17.0 Å². The monoisotopic (exact) mass is 382 g/mol. The van der Waals surface area contributed by atoms with Crippen molar-refractivity contribution in [1.29, 1.82) is 0 Å². The number of ether oxygens (including phenoxy) is 2. The van der Waals surface area contributed by atoms with Crippen molar-refractivity contribution in [2.45, 2.75) is 32.4 Å². The topological polar surface area (TPSA) is 47.7 Å². The first-order chi connectivity index (χ1) is 13.3. The smallest absolute Gasteiger partial charge is 0.236 e. The standard InChI is InChI=1S/C21H22N2O3S/c1-14-16(22-21(26-14)20-5-3-11-27-20)13-23-8-2-4-17(23)15-6-7-18-19(12-15)25-10-9-24-18/h3,5-7,11-12,17H,2,4,8-10,13H2,1H3. The van der Waals surface area contributed by atoms with Gasteiger partial charge < -0.3 is 13.9 Å². The highest BCUT2D eigenvalue weighted by atomic mass is 32.1. The van der Waals surface area contributed by atoms with Gasteiger partial charge in [-0.15, -0.1) is 11.3 Å². The third-order valence-electron chi connectivity index (χ3n) is 5.29. The summed E-state index contributed by atoms with van der Waals surface area (Å²) in [6, 6.07) is 10.8. The predicted molar refractivity (Wildman–Crippen MR) is 104 cm³/mol. The molecule has 0 radical (unpaired) electrons. The molecule has 0 bridgehead atoms. The van der Waals surface area contributed by atoms with Crippen LogP contribution in [0.25, 0.3) is 10.8 Å². The maximum atomic E-state index is 5.92. The van der Waals surface area contributed by atoms with Gasteiger partial charge in [0, 0.05) is 12.6 Å². The van der Waals surface area contributed by atoms with Gasteiger partial charge in [-0.3, -0.25) is 4.90 Å². The lowest BCUT2D eigenvalue weighted by Crippen LogP contribution is -2.23. The highest BCUT2D eigenvalue weighted by Gasteiger charge is 2.29. The summed E-state index contributed by atoms with van der Waals surface area (Å²) in [4.78, 5) is 8.34. The lowest BCUT2D eigenvalue weighted by Gasteiger charge is -2.26. The summed E-state index contributed by atoms with van der Waals surface area (Å²) >= 11 is 1.66. The molecule has 140 valence electrons. The predicted octanol–water partition coefficient (Wildman–Crippen LogP) is 4.82. The van der Waals surface area contributed by atoms with Crippen molar-refractivity contribution < 1.29 is 13.9 Å². The molecule has 0 amide bonds. The zero-order valence-electron chi connectivity index (χ0n) is 15.3. The van der Waals surface area contributed by atoms with Crippen molar-refractivity contribution in [2.24, 2.45) is 0 Å². The average Bonchev–Trinajstić information content (AvgIpc) is 3.43. The molecule has 27 heavy (non-hydrogen) atoms. The second-order valence-corrected chi connectivity index (χ2v) is 7.98. The third-order valence-corrected chi connectivity index (χ3v) is 6.15. The molecule has 1 aromatic carbocycles. The molecule has 6 heteroatoms. The number of likely N-dealkylation sites (tertiary alicyclic amines) is 1. The number of hydrogen-bond donors (Lipinski definition) is 0. The van der Waals surface area contributed by atoms with Crippen molar-refractivity contribution in [3.8, 4) is 22.3 Å². The van der Waals surface area contributed by atoms with Crippen LogP contribution in [0, 0.1) is 6.92 Å². The minimum atomic E-state index is 0.377. The van der Waals surface area contributed by atoms with Crippen LogP contribution in [0.5, 0.6) is 11.5 Å². The highest BCUT2D eigenvalue weighted by Crippen LogP contribution is 2.39. The van der Waals surface area contributed by atoms with Crippen LogP contribution in [0.1, 0.15) is 35.9 Å². The van der Waals surface area contributed by atoms with E-state index in [-0.39, 0.29) is 0 Å². The molecule has 0 saturated carbocycles. The number of hydrogen-bond acceptors (Lipinski definition) is 6. The van der Waals surface area contributed by atoms with E-state index >= 15 is 0 Å². The van der Waals surface area contributed by atoms with Gasteiger partial charge in [-0.25, -0.2) is 4.98 Å². The average molecular weight is 382 g/mol. The molecule has 1 fully saturated rings. The molecule has 1 saturated heterocycles. The number of nitrogens with zero attached hydrogens (tertiary/aromatic N) is 2. The molecular formula is C21H22N2O3S.